The first-order valence-electron chi connectivity index (χ1n) is 6.07. The van der Waals surface area contributed by atoms with Crippen LogP contribution in [0.25, 0.3) is 0 Å². The highest BCUT2D eigenvalue weighted by Gasteiger charge is 2.05. The van der Waals surface area contributed by atoms with E-state index >= 15 is 0 Å². The fourth-order valence-corrected chi connectivity index (χ4v) is 1.70. The molecule has 20 heavy (non-hydrogen) atoms. The molecule has 0 amide bonds. The van der Waals surface area contributed by atoms with Gasteiger partial charge >= 0.3 is 0 Å². The molecule has 2 aromatic carbocycles. The third-order valence-corrected chi connectivity index (χ3v) is 2.78. The molecule has 0 atom stereocenters. The maximum absolute atomic E-state index is 9.73. The Hall–Kier alpha value is -2.56. The number of ether oxygens (including phenoxy) is 2. The van der Waals surface area contributed by atoms with Gasteiger partial charge in [0.1, 0.15) is 28.6 Å². The third-order valence-electron chi connectivity index (χ3n) is 2.78. The van der Waals surface area contributed by atoms with Crippen LogP contribution in [0.5, 0.6) is 17.2 Å². The van der Waals surface area contributed by atoms with E-state index in [0.717, 1.165) is 5.56 Å². The average Bonchev–Trinajstić information content (AvgIpc) is 2.47. The average molecular weight is 272 g/mol. The highest BCUT2D eigenvalue weighted by atomic mass is 16.5. The molecule has 0 fully saturated rings. The Morgan fingerprint density at radius 3 is 2.35 bits per heavy atom. The van der Waals surface area contributed by atoms with Crippen molar-refractivity contribution in [1.82, 2.24) is 0 Å². The second-order valence-electron chi connectivity index (χ2n) is 4.23. The molecule has 0 spiro atoms. The normalized spacial score (nSPS) is 10.8. The van der Waals surface area contributed by atoms with Crippen LogP contribution in [-0.2, 0) is 0 Å². The van der Waals surface area contributed by atoms with Crippen LogP contribution in [0.2, 0.25) is 0 Å². The Balaban J connectivity index is 2.37. The minimum atomic E-state index is 0.0845. The summed E-state index contributed by atoms with van der Waals surface area (Å²) in [6.07, 6.45) is 0. The van der Waals surface area contributed by atoms with E-state index in [9.17, 15) is 5.11 Å². The molecule has 1 N–H and O–H groups in total. The molecule has 2 rings (SSSR count). The zero-order chi connectivity index (χ0) is 14.5. The van der Waals surface area contributed by atoms with Crippen LogP contribution in [0.1, 0.15) is 5.56 Å². The third kappa shape index (κ3) is 3.06. The zero-order valence-corrected chi connectivity index (χ0v) is 11.6. The first kappa shape index (κ1) is 13.9. The van der Waals surface area contributed by atoms with Crippen LogP contribution >= 0.6 is 0 Å². The number of benzene rings is 2. The summed E-state index contributed by atoms with van der Waals surface area (Å²) in [5, 5.41) is 17.9. The fourth-order valence-electron chi connectivity index (χ4n) is 1.70. The molecule has 0 radical (unpaired) electrons. The zero-order valence-electron chi connectivity index (χ0n) is 11.6. The predicted octanol–water partition coefficient (Wildman–Crippen LogP) is 4.13. The van der Waals surface area contributed by atoms with E-state index in [2.05, 4.69) is 10.2 Å². The van der Waals surface area contributed by atoms with E-state index in [-0.39, 0.29) is 5.75 Å². The Kier molecular flexibility index (Phi) is 4.20. The first-order chi connectivity index (χ1) is 9.63. The summed E-state index contributed by atoms with van der Waals surface area (Å²) in [6, 6.07) is 10.4. The standard InChI is InChI=1S/C15H16N2O3/c1-10-4-6-14(18)12(8-10)16-17-13-9-11(19-2)5-7-15(13)20-3/h4-9,18H,1-3H3. The number of methoxy groups -OCH3 is 2. The fraction of sp³-hybridized carbons (Fsp3) is 0.200. The van der Waals surface area contributed by atoms with Crippen molar-refractivity contribution in [1.29, 1.82) is 0 Å². The molecule has 0 saturated heterocycles. The van der Waals surface area contributed by atoms with Gasteiger partial charge < -0.3 is 14.6 Å². The Morgan fingerprint density at radius 1 is 0.900 bits per heavy atom. The van der Waals surface area contributed by atoms with Crippen LogP contribution in [-0.4, -0.2) is 19.3 Å². The van der Waals surface area contributed by atoms with E-state index < -0.39 is 0 Å². The van der Waals surface area contributed by atoms with Gasteiger partial charge in [-0.05, 0) is 36.8 Å². The van der Waals surface area contributed by atoms with Crippen LogP contribution < -0.4 is 9.47 Å². The van der Waals surface area contributed by atoms with Crippen molar-refractivity contribution < 1.29 is 14.6 Å². The van der Waals surface area contributed by atoms with Crippen molar-refractivity contribution in [3.05, 3.63) is 42.0 Å². The van der Waals surface area contributed by atoms with Gasteiger partial charge in [-0.3, -0.25) is 0 Å². The smallest absolute Gasteiger partial charge is 0.146 e. The van der Waals surface area contributed by atoms with E-state index in [1.807, 2.05) is 6.92 Å². The number of azo groups is 1. The number of nitrogens with zero attached hydrogens (tertiary/aromatic N) is 2. The lowest BCUT2D eigenvalue weighted by Gasteiger charge is -2.06. The Morgan fingerprint density at radius 2 is 1.65 bits per heavy atom. The van der Waals surface area contributed by atoms with Gasteiger partial charge in [0.15, 0.2) is 0 Å². The van der Waals surface area contributed by atoms with Crippen molar-refractivity contribution in [2.24, 2.45) is 10.2 Å². The summed E-state index contributed by atoms with van der Waals surface area (Å²) in [7, 11) is 3.14. The number of hydrogen-bond donors (Lipinski definition) is 1. The number of aromatic hydroxyl groups is 1. The Bertz CT molecular complexity index is 639. The lowest BCUT2D eigenvalue weighted by Crippen LogP contribution is -1.86. The van der Waals surface area contributed by atoms with Crippen LogP contribution in [0.3, 0.4) is 0 Å². The summed E-state index contributed by atoms with van der Waals surface area (Å²) >= 11 is 0. The second-order valence-corrected chi connectivity index (χ2v) is 4.23. The summed E-state index contributed by atoms with van der Waals surface area (Å²) in [5.74, 6) is 1.33. The molecule has 0 saturated carbocycles. The number of phenolic OH excluding ortho intramolecular Hbond substituents is 1. The number of hydrogen-bond acceptors (Lipinski definition) is 5. The van der Waals surface area contributed by atoms with Crippen LogP contribution in [0.15, 0.2) is 46.6 Å². The second kappa shape index (κ2) is 6.06. The van der Waals surface area contributed by atoms with Gasteiger partial charge in [0.25, 0.3) is 0 Å². The van der Waals surface area contributed by atoms with Gasteiger partial charge in [-0.15, -0.1) is 10.2 Å². The lowest BCUT2D eigenvalue weighted by molar-refractivity contribution is 0.404. The topological polar surface area (TPSA) is 63.4 Å². The van der Waals surface area contributed by atoms with Crippen LogP contribution in [0, 0.1) is 6.92 Å². The molecule has 5 heteroatoms. The molecule has 0 heterocycles. The summed E-state index contributed by atoms with van der Waals surface area (Å²) in [5.41, 5.74) is 1.94. The van der Waals surface area contributed by atoms with Gasteiger partial charge in [0, 0.05) is 6.07 Å². The van der Waals surface area contributed by atoms with Gasteiger partial charge in [-0.2, -0.15) is 0 Å². The SMILES string of the molecule is COc1ccc(OC)c(N=Nc2cc(C)ccc2O)c1. The van der Waals surface area contributed by atoms with Crippen molar-refractivity contribution in [3.8, 4) is 17.2 Å². The minimum Gasteiger partial charge on any atom is -0.506 e. The van der Waals surface area contributed by atoms with E-state index in [0.29, 0.717) is 22.9 Å². The largest absolute Gasteiger partial charge is 0.506 e. The maximum Gasteiger partial charge on any atom is 0.146 e. The number of phenols is 1. The van der Waals surface area contributed by atoms with Gasteiger partial charge in [-0.1, -0.05) is 6.07 Å². The molecule has 0 aliphatic heterocycles. The summed E-state index contributed by atoms with van der Waals surface area (Å²) < 4.78 is 10.4. The molecule has 0 aliphatic carbocycles. The van der Waals surface area contributed by atoms with Crippen molar-refractivity contribution >= 4 is 11.4 Å². The molecular formula is C15H16N2O3. The van der Waals surface area contributed by atoms with Crippen molar-refractivity contribution in [2.45, 2.75) is 6.92 Å². The van der Waals surface area contributed by atoms with Gasteiger partial charge in [-0.25, -0.2) is 0 Å². The maximum atomic E-state index is 9.73. The minimum absolute atomic E-state index is 0.0845. The lowest BCUT2D eigenvalue weighted by atomic mass is 10.2. The van der Waals surface area contributed by atoms with E-state index in [1.165, 1.54) is 0 Å². The number of rotatable bonds is 4. The van der Waals surface area contributed by atoms with Crippen molar-refractivity contribution in [2.75, 3.05) is 14.2 Å². The quantitative estimate of drug-likeness (QED) is 0.851. The molecule has 0 unspecified atom stereocenters. The molecular weight excluding hydrogens is 256 g/mol. The van der Waals surface area contributed by atoms with Gasteiger partial charge in [0.2, 0.25) is 0 Å². The van der Waals surface area contributed by atoms with Gasteiger partial charge in [0.05, 0.1) is 14.2 Å². The predicted molar refractivity (Wildman–Crippen MR) is 76.6 cm³/mol. The molecule has 2 aromatic rings. The molecule has 5 nitrogen and oxygen atoms in total. The molecule has 0 bridgehead atoms. The summed E-state index contributed by atoms with van der Waals surface area (Å²) in [6.45, 7) is 1.92. The van der Waals surface area contributed by atoms with Crippen LogP contribution in [0.4, 0.5) is 11.4 Å². The molecule has 0 aromatic heterocycles. The van der Waals surface area contributed by atoms with E-state index in [4.69, 9.17) is 9.47 Å². The highest BCUT2D eigenvalue weighted by molar-refractivity contribution is 5.57. The molecule has 104 valence electrons. The molecule has 0 aliphatic rings. The van der Waals surface area contributed by atoms with Crippen molar-refractivity contribution in [3.63, 3.8) is 0 Å². The number of aryl methyl sites for hydroxylation is 1. The summed E-state index contributed by atoms with van der Waals surface area (Å²) in [4.78, 5) is 0. The Labute approximate surface area is 117 Å². The monoisotopic (exact) mass is 272 g/mol. The first-order valence-corrected chi connectivity index (χ1v) is 6.07. The van der Waals surface area contributed by atoms with E-state index in [1.54, 1.807) is 50.6 Å². The highest BCUT2D eigenvalue weighted by Crippen LogP contribution is 2.34.